The third kappa shape index (κ3) is 35.2. The van der Waals surface area contributed by atoms with Crippen molar-refractivity contribution in [3.8, 4) is 0 Å². The minimum atomic E-state index is -1.89. The number of amides is 15. The van der Waals surface area contributed by atoms with Gasteiger partial charge in [0, 0.05) is 85.8 Å². The molecule has 49 nitrogen and oxygen atoms in total. The molecule has 2 aromatic rings. The van der Waals surface area contributed by atoms with Gasteiger partial charge in [0.05, 0.1) is 39.0 Å². The molecule has 3 heterocycles. The lowest BCUT2D eigenvalue weighted by atomic mass is 10.0. The molecule has 1 saturated heterocycles. The Balaban J connectivity index is 1.84. The fourth-order valence-corrected chi connectivity index (χ4v) is 11.9. The van der Waals surface area contributed by atoms with Crippen LogP contribution in [0.5, 0.6) is 0 Å². The van der Waals surface area contributed by atoms with Crippen LogP contribution in [0.15, 0.2) is 40.0 Å². The molecule has 0 saturated carbocycles. The first-order valence-corrected chi connectivity index (χ1v) is 38.9. The SMILES string of the molecule is C[C@H](NC(=O)[C@H](CCCN=C(N)N)NC(=O)[C@H](CCCN=C(N)N)NC(=O)[C@H](Cc1cnc[nH]1)NC(=O)[C@H](CO)NC(=O)[C@H](CS)NC(=O)[C@H](C)NC(=O)[C@@H]1CCCN1C(=O)[C@H](Cc1cnc[nH]1)NC(=O)[C@H](CO)NC(=O)[C@H](CS)NC(=O)[C@H](CS)NC(=O)CN)C(=O)N[C@@H](CCCN=C(N)N)C(=O)N[C@@H](CO)C(=O)N[C@@H](CS)C(=O)O. The van der Waals surface area contributed by atoms with E-state index in [0.29, 0.717) is 5.69 Å². The molecule has 34 N–H and O–H groups in total. The van der Waals surface area contributed by atoms with E-state index in [2.05, 4.69) is 160 Å². The predicted octanol–water partition coefficient (Wildman–Crippen LogP) is -14.4. The van der Waals surface area contributed by atoms with Gasteiger partial charge in [-0.3, -0.25) is 86.9 Å². The number of carboxylic acids is 1. The van der Waals surface area contributed by atoms with Crippen LogP contribution in [0.3, 0.4) is 0 Å². The topological polar surface area (TPSA) is 802 Å². The zero-order valence-electron chi connectivity index (χ0n) is 63.9. The van der Waals surface area contributed by atoms with Crippen LogP contribution in [0.1, 0.15) is 76.6 Å². The molecule has 15 amide bonds. The van der Waals surface area contributed by atoms with E-state index >= 15 is 0 Å². The Hall–Kier alpha value is -11.0. The van der Waals surface area contributed by atoms with E-state index in [4.69, 9.17) is 40.1 Å². The summed E-state index contributed by atoms with van der Waals surface area (Å²) in [6.07, 6.45) is 4.10. The number of H-pyrrole nitrogens is 2. The normalized spacial score (nSPS) is 15.8. The summed E-state index contributed by atoms with van der Waals surface area (Å²) in [6, 6.07) is -23.2. The van der Waals surface area contributed by atoms with Crippen molar-refractivity contribution >= 4 is 163 Å². The van der Waals surface area contributed by atoms with Crippen LogP contribution in [0.25, 0.3) is 0 Å². The third-order valence-electron chi connectivity index (χ3n) is 17.2. The van der Waals surface area contributed by atoms with Crippen LogP contribution in [0, 0.1) is 0 Å². The second-order valence-electron chi connectivity index (χ2n) is 26.2. The Morgan fingerprint density at radius 2 is 0.744 bits per heavy atom. The zero-order chi connectivity index (χ0) is 87.6. The lowest BCUT2D eigenvalue weighted by molar-refractivity contribution is -0.142. The molecule has 0 bridgehead atoms. The van der Waals surface area contributed by atoms with Crippen molar-refractivity contribution in [1.82, 2.24) is 99.3 Å². The first kappa shape index (κ1) is 100. The molecule has 0 aliphatic carbocycles. The molecule has 1 aliphatic rings. The molecule has 53 heteroatoms. The number of nitrogens with two attached hydrogens (primary N) is 7. The van der Waals surface area contributed by atoms with Crippen LogP contribution in [0.2, 0.25) is 0 Å². The van der Waals surface area contributed by atoms with Crippen molar-refractivity contribution in [2.45, 2.75) is 169 Å². The van der Waals surface area contributed by atoms with Crippen LogP contribution in [-0.4, -0.2) is 324 Å². The van der Waals surface area contributed by atoms with Gasteiger partial charge in [-0.2, -0.15) is 50.5 Å². The number of aliphatic hydroxyl groups excluding tert-OH is 3. The molecule has 15 atom stereocenters. The molecule has 0 aromatic carbocycles. The number of aliphatic hydroxyl groups is 3. The number of guanidine groups is 3. The van der Waals surface area contributed by atoms with E-state index in [1.807, 2.05) is 0 Å². The molecule has 1 aliphatic heterocycles. The van der Waals surface area contributed by atoms with Crippen LogP contribution >= 0.6 is 50.5 Å². The Morgan fingerprint density at radius 1 is 0.436 bits per heavy atom. The van der Waals surface area contributed by atoms with E-state index in [-0.39, 0.29) is 125 Å². The second-order valence-corrected chi connectivity index (χ2v) is 27.6. The number of likely N-dealkylation sites (tertiary alicyclic amines) is 1. The number of imidazole rings is 2. The molecule has 0 unspecified atom stereocenters. The van der Waals surface area contributed by atoms with Gasteiger partial charge in [0.25, 0.3) is 0 Å². The Bertz CT molecular complexity index is 3760. The number of aromatic amines is 2. The van der Waals surface area contributed by atoms with Crippen LogP contribution < -0.4 is 115 Å². The summed E-state index contributed by atoms with van der Waals surface area (Å²) in [7, 11) is 0. The van der Waals surface area contributed by atoms with Crippen LogP contribution in [0.4, 0.5) is 0 Å². The molecule has 3 rings (SSSR count). The van der Waals surface area contributed by atoms with Gasteiger partial charge in [-0.25, -0.2) is 14.8 Å². The zero-order valence-corrected chi connectivity index (χ0v) is 67.4. The molecule has 1 fully saturated rings. The van der Waals surface area contributed by atoms with Gasteiger partial charge in [-0.05, 0) is 65.2 Å². The summed E-state index contributed by atoms with van der Waals surface area (Å²) in [6.45, 7) is -1.47. The maximum Gasteiger partial charge on any atom is 0.327 e. The number of rotatable bonds is 53. The van der Waals surface area contributed by atoms with Gasteiger partial charge in [0.15, 0.2) is 17.9 Å². The summed E-state index contributed by atoms with van der Waals surface area (Å²) >= 11 is 16.3. The number of nitrogens with zero attached hydrogens (tertiary/aromatic N) is 6. The Kier molecular flexibility index (Phi) is 45.0. The van der Waals surface area contributed by atoms with Crippen molar-refractivity contribution in [2.24, 2.45) is 55.1 Å². The number of carbonyl (C=O) groups excluding carboxylic acids is 15. The highest BCUT2D eigenvalue weighted by Gasteiger charge is 2.41. The largest absolute Gasteiger partial charge is 0.480 e. The van der Waals surface area contributed by atoms with Crippen molar-refractivity contribution in [1.29, 1.82) is 0 Å². The summed E-state index contributed by atoms with van der Waals surface area (Å²) < 4.78 is 0. The molecule has 117 heavy (non-hydrogen) atoms. The maximum absolute atomic E-state index is 14.6. The van der Waals surface area contributed by atoms with E-state index in [1.54, 1.807) is 0 Å². The molecular formula is C64H107N29O20S4. The van der Waals surface area contributed by atoms with E-state index in [0.717, 1.165) is 4.90 Å². The number of aromatic nitrogens is 4. The van der Waals surface area contributed by atoms with Crippen molar-refractivity contribution in [3.63, 3.8) is 0 Å². The highest BCUT2D eigenvalue weighted by atomic mass is 32.1. The number of carbonyl (C=O) groups is 16. The lowest BCUT2D eigenvalue weighted by Crippen LogP contribution is -2.61. The van der Waals surface area contributed by atoms with Gasteiger partial charge in [0.2, 0.25) is 88.6 Å². The first-order chi connectivity index (χ1) is 55.5. The molecular weight excluding hydrogens is 1620 g/mol. The summed E-state index contributed by atoms with van der Waals surface area (Å²) in [5.74, 6) is -18.6. The smallest absolute Gasteiger partial charge is 0.327 e. The van der Waals surface area contributed by atoms with E-state index < -0.39 is 224 Å². The average molecular weight is 1730 g/mol. The van der Waals surface area contributed by atoms with Gasteiger partial charge >= 0.3 is 5.97 Å². The number of carboxylic acid groups (broad SMARTS) is 1. The fourth-order valence-electron chi connectivity index (χ4n) is 10.9. The molecule has 652 valence electrons. The predicted molar refractivity (Wildman–Crippen MR) is 431 cm³/mol. The number of hydrogen-bond donors (Lipinski definition) is 31. The van der Waals surface area contributed by atoms with Gasteiger partial charge in [0.1, 0.15) is 90.6 Å². The minimum Gasteiger partial charge on any atom is -0.480 e. The van der Waals surface area contributed by atoms with Crippen molar-refractivity contribution in [2.75, 3.05) is 75.6 Å². The van der Waals surface area contributed by atoms with Crippen molar-refractivity contribution < 1.29 is 97.1 Å². The number of thiol groups is 4. The Labute approximate surface area is 691 Å². The van der Waals surface area contributed by atoms with Gasteiger partial charge in [-0.15, -0.1) is 0 Å². The molecule has 2 aromatic heterocycles. The molecule has 0 radical (unpaired) electrons. The monoisotopic (exact) mass is 1730 g/mol. The quantitative estimate of drug-likeness (QED) is 0.0127. The summed E-state index contributed by atoms with van der Waals surface area (Å²) in [5, 5.41) is 73.7. The molecule has 0 spiro atoms. The Morgan fingerprint density at radius 3 is 1.11 bits per heavy atom. The first-order valence-electron chi connectivity index (χ1n) is 36.3. The van der Waals surface area contributed by atoms with E-state index in [1.165, 1.54) is 38.9 Å². The number of nitrogens with one attached hydrogen (secondary N) is 16. The highest BCUT2D eigenvalue weighted by Crippen LogP contribution is 2.21. The average Bonchev–Trinajstić information content (AvgIpc) is 1.71. The van der Waals surface area contributed by atoms with Crippen molar-refractivity contribution in [3.05, 3.63) is 36.4 Å². The lowest BCUT2D eigenvalue weighted by Gasteiger charge is -2.30. The van der Waals surface area contributed by atoms with Gasteiger partial charge < -0.3 is 150 Å². The highest BCUT2D eigenvalue weighted by molar-refractivity contribution is 7.80. The van der Waals surface area contributed by atoms with Crippen LogP contribution in [-0.2, 0) is 89.6 Å². The number of aliphatic imine (C=N–C) groups is 3. The number of hydrogen-bond acceptors (Lipinski definition) is 29. The fraction of sp³-hybridized carbons (Fsp3) is 0.609. The van der Waals surface area contributed by atoms with E-state index in [9.17, 15) is 97.1 Å². The minimum absolute atomic E-state index is 0.00117. The second kappa shape index (κ2) is 52.5. The summed E-state index contributed by atoms with van der Waals surface area (Å²) in [4.78, 5) is 244. The summed E-state index contributed by atoms with van der Waals surface area (Å²) in [5.41, 5.74) is 38.9. The number of aliphatic carboxylic acids is 1. The standard InChI is InChI=1S/C64H107N29O20S4/c1-29(47(98)82-34(8-4-12-75-63(68)69)51(102)87-40(22-96)55(106)92-44(26-117)61(112)113)79-49(100)33(7-3-11-74-62(66)67)83-50(101)35(9-5-13-76-64(70)71)84-52(103)36(15-31-18-72-27-77-31)85-53(104)38(20-94)88-57(108)42(24-115)90-48(99)30(2)80-59(110)45-10-6-14-93(45)60(111)37(16-32-19-73-28-78-32)86-54(105)39(21-95)89-58(109)43(25-116)91-56(107)41(23-114)81-46(97)17-65/h18-19,27-30,33-45,94-96,114-117H,3-17,20-26,65H2,1-2H3,(H,72,77)(H,73,78)(H,79,100)(H,80,110)(H,81,97)(H,82,98)(H,83,101)(H,84,103)(H,85,104)(H,86,105)(H,87,102)(H,88,108)(H,89,109)(H,90,99)(H,91,107)(H,92,106)(H,112,113)(H4,66,67,74)(H4,68,69,75)(H4,70,71,76)/t29-,30-,33-,34-,35-,36-,37-,38-,39-,40-,41-,42-,43-,44-,45-/m0/s1. The third-order valence-corrected chi connectivity index (χ3v) is 18.6. The van der Waals surface area contributed by atoms with Gasteiger partial charge in [-0.1, -0.05) is 0 Å². The maximum atomic E-state index is 14.6.